The van der Waals surface area contributed by atoms with Crippen LogP contribution in [-0.4, -0.2) is 9.78 Å². The predicted octanol–water partition coefficient (Wildman–Crippen LogP) is 4.59. The maximum Gasteiger partial charge on any atom is 0.142 e. The average molecular weight is 315 g/mol. The van der Waals surface area contributed by atoms with Crippen LogP contribution in [-0.2, 0) is 25.3 Å². The molecule has 0 saturated carbocycles. The largest absolute Gasteiger partial charge is 0.265 e. The van der Waals surface area contributed by atoms with Crippen molar-refractivity contribution in [3.05, 3.63) is 51.6 Å². The molecular formula is C15H17Cl2FN2. The first-order valence-electron chi connectivity index (χ1n) is 6.68. The van der Waals surface area contributed by atoms with E-state index in [-0.39, 0.29) is 5.02 Å². The van der Waals surface area contributed by atoms with Crippen LogP contribution in [0.2, 0.25) is 5.02 Å². The third-order valence-electron chi connectivity index (χ3n) is 3.40. The third kappa shape index (κ3) is 2.84. The van der Waals surface area contributed by atoms with Crippen molar-refractivity contribution in [3.8, 4) is 0 Å². The zero-order valence-corrected chi connectivity index (χ0v) is 13.1. The Morgan fingerprint density at radius 1 is 1.25 bits per heavy atom. The van der Waals surface area contributed by atoms with Crippen molar-refractivity contribution in [2.45, 2.75) is 39.1 Å². The Kier molecular flexibility index (Phi) is 5.06. The van der Waals surface area contributed by atoms with Gasteiger partial charge in [-0.3, -0.25) is 4.68 Å². The Balaban J connectivity index is 2.43. The van der Waals surface area contributed by atoms with E-state index in [0.717, 1.165) is 35.4 Å². The van der Waals surface area contributed by atoms with Crippen LogP contribution in [0.1, 0.15) is 36.4 Å². The molecule has 0 aliphatic heterocycles. The molecular weight excluding hydrogens is 298 g/mol. The van der Waals surface area contributed by atoms with E-state index in [1.165, 1.54) is 6.07 Å². The Morgan fingerprint density at radius 2 is 2.00 bits per heavy atom. The normalized spacial score (nSPS) is 11.1. The van der Waals surface area contributed by atoms with Crippen LogP contribution in [0.3, 0.4) is 0 Å². The molecule has 5 heteroatoms. The summed E-state index contributed by atoms with van der Waals surface area (Å²) in [7, 11) is 0. The molecule has 0 aliphatic carbocycles. The number of benzene rings is 1. The van der Waals surface area contributed by atoms with Gasteiger partial charge in [-0.25, -0.2) is 4.39 Å². The van der Waals surface area contributed by atoms with Gasteiger partial charge in [-0.15, -0.1) is 11.6 Å². The molecule has 0 fully saturated rings. The fraction of sp³-hybridized carbons (Fsp3) is 0.400. The summed E-state index contributed by atoms with van der Waals surface area (Å²) in [5.74, 6) is 0.0473. The smallest absolute Gasteiger partial charge is 0.142 e. The first kappa shape index (κ1) is 15.3. The lowest BCUT2D eigenvalue weighted by atomic mass is 10.1. The van der Waals surface area contributed by atoms with Crippen LogP contribution < -0.4 is 0 Å². The van der Waals surface area contributed by atoms with Crippen LogP contribution in [0, 0.1) is 5.82 Å². The fourth-order valence-electron chi connectivity index (χ4n) is 2.39. The zero-order valence-electron chi connectivity index (χ0n) is 11.6. The number of hydrogen-bond donors (Lipinski definition) is 0. The fourth-order valence-corrected chi connectivity index (χ4v) is 2.88. The monoisotopic (exact) mass is 314 g/mol. The minimum Gasteiger partial charge on any atom is -0.265 e. The average Bonchev–Trinajstić information content (AvgIpc) is 2.80. The Labute approximate surface area is 128 Å². The predicted molar refractivity (Wildman–Crippen MR) is 81.1 cm³/mol. The van der Waals surface area contributed by atoms with Crippen molar-refractivity contribution in [1.29, 1.82) is 0 Å². The molecule has 0 radical (unpaired) electrons. The lowest BCUT2D eigenvalue weighted by Crippen LogP contribution is -2.07. The van der Waals surface area contributed by atoms with Gasteiger partial charge in [-0.05, 0) is 24.5 Å². The quantitative estimate of drug-likeness (QED) is 0.738. The summed E-state index contributed by atoms with van der Waals surface area (Å²) >= 11 is 12.0. The molecule has 0 amide bonds. The number of aryl methyl sites for hydroxylation is 1. The van der Waals surface area contributed by atoms with Gasteiger partial charge < -0.3 is 0 Å². The minimum atomic E-state index is -0.400. The van der Waals surface area contributed by atoms with Gasteiger partial charge in [0.1, 0.15) is 5.82 Å². The van der Waals surface area contributed by atoms with Crippen molar-refractivity contribution in [1.82, 2.24) is 9.78 Å². The lowest BCUT2D eigenvalue weighted by molar-refractivity contribution is 0.612. The third-order valence-corrected chi connectivity index (χ3v) is 4.10. The number of nitrogens with zero attached hydrogens (tertiary/aromatic N) is 2. The Hall–Kier alpha value is -1.06. The molecule has 2 aromatic rings. The Morgan fingerprint density at radius 3 is 2.60 bits per heavy atom. The van der Waals surface area contributed by atoms with Crippen molar-refractivity contribution >= 4 is 23.2 Å². The number of alkyl halides is 1. The van der Waals surface area contributed by atoms with Gasteiger partial charge in [0.05, 0.1) is 23.1 Å². The molecule has 0 unspecified atom stereocenters. The molecule has 0 atom stereocenters. The standard InChI is InChI=1S/C15H17Cl2FN2/c1-3-13-11(8-16)14(4-2)20(19-13)9-10-6-5-7-12(18)15(10)17/h5-7H,3-4,8-9H2,1-2H3. The second-order valence-electron chi connectivity index (χ2n) is 4.58. The highest BCUT2D eigenvalue weighted by atomic mass is 35.5. The maximum atomic E-state index is 13.5. The SMILES string of the molecule is CCc1nn(Cc2cccc(F)c2Cl)c(CC)c1CCl. The van der Waals surface area contributed by atoms with Gasteiger partial charge in [0.25, 0.3) is 0 Å². The van der Waals surface area contributed by atoms with E-state index in [1.807, 2.05) is 10.7 Å². The van der Waals surface area contributed by atoms with E-state index in [4.69, 9.17) is 23.2 Å². The van der Waals surface area contributed by atoms with E-state index in [9.17, 15) is 4.39 Å². The minimum absolute atomic E-state index is 0.163. The van der Waals surface area contributed by atoms with E-state index >= 15 is 0 Å². The van der Waals surface area contributed by atoms with Crippen molar-refractivity contribution in [2.75, 3.05) is 0 Å². The van der Waals surface area contributed by atoms with E-state index in [2.05, 4.69) is 18.9 Å². The summed E-state index contributed by atoms with van der Waals surface area (Å²) in [4.78, 5) is 0. The van der Waals surface area contributed by atoms with Crippen LogP contribution in [0.25, 0.3) is 0 Å². The molecule has 0 N–H and O–H groups in total. The molecule has 20 heavy (non-hydrogen) atoms. The summed E-state index contributed by atoms with van der Waals surface area (Å²) in [6.45, 7) is 4.58. The zero-order chi connectivity index (χ0) is 14.7. The highest BCUT2D eigenvalue weighted by Crippen LogP contribution is 2.24. The lowest BCUT2D eigenvalue weighted by Gasteiger charge is -2.09. The van der Waals surface area contributed by atoms with Gasteiger partial charge in [0.2, 0.25) is 0 Å². The van der Waals surface area contributed by atoms with Gasteiger partial charge in [0.15, 0.2) is 0 Å². The molecule has 0 aliphatic rings. The molecule has 0 bridgehead atoms. The molecule has 2 rings (SSSR count). The second kappa shape index (κ2) is 6.59. The topological polar surface area (TPSA) is 17.8 Å². The molecule has 1 aromatic carbocycles. The van der Waals surface area contributed by atoms with Crippen LogP contribution >= 0.6 is 23.2 Å². The van der Waals surface area contributed by atoms with E-state index < -0.39 is 5.82 Å². The van der Waals surface area contributed by atoms with Gasteiger partial charge >= 0.3 is 0 Å². The second-order valence-corrected chi connectivity index (χ2v) is 5.23. The number of halogens is 3. The maximum absolute atomic E-state index is 13.5. The van der Waals surface area contributed by atoms with Crippen LogP contribution in [0.5, 0.6) is 0 Å². The molecule has 0 spiro atoms. The Bertz CT molecular complexity index is 608. The molecule has 1 aromatic heterocycles. The highest BCUT2D eigenvalue weighted by molar-refractivity contribution is 6.31. The number of hydrogen-bond acceptors (Lipinski definition) is 1. The summed E-state index contributed by atoms with van der Waals surface area (Å²) in [5, 5.41) is 4.75. The van der Waals surface area contributed by atoms with Gasteiger partial charge in [-0.1, -0.05) is 37.6 Å². The highest BCUT2D eigenvalue weighted by Gasteiger charge is 2.16. The molecule has 1 heterocycles. The van der Waals surface area contributed by atoms with Crippen molar-refractivity contribution < 1.29 is 4.39 Å². The van der Waals surface area contributed by atoms with Crippen LogP contribution in [0.4, 0.5) is 4.39 Å². The van der Waals surface area contributed by atoms with Crippen LogP contribution in [0.15, 0.2) is 18.2 Å². The van der Waals surface area contributed by atoms with Crippen molar-refractivity contribution in [2.24, 2.45) is 0 Å². The molecule has 0 saturated heterocycles. The van der Waals surface area contributed by atoms with Gasteiger partial charge in [0, 0.05) is 11.3 Å². The van der Waals surface area contributed by atoms with Crippen molar-refractivity contribution in [3.63, 3.8) is 0 Å². The summed E-state index contributed by atoms with van der Waals surface area (Å²) in [6.07, 6.45) is 1.67. The van der Waals surface area contributed by atoms with E-state index in [0.29, 0.717) is 12.4 Å². The number of rotatable bonds is 5. The van der Waals surface area contributed by atoms with E-state index in [1.54, 1.807) is 6.07 Å². The first-order valence-corrected chi connectivity index (χ1v) is 7.59. The summed E-state index contributed by atoms with van der Waals surface area (Å²) in [5.41, 5.74) is 3.92. The molecule has 108 valence electrons. The number of aromatic nitrogens is 2. The summed E-state index contributed by atoms with van der Waals surface area (Å²) < 4.78 is 15.4. The molecule has 2 nitrogen and oxygen atoms in total. The first-order chi connectivity index (χ1) is 9.62. The van der Waals surface area contributed by atoms with Gasteiger partial charge in [-0.2, -0.15) is 5.10 Å². The summed E-state index contributed by atoms with van der Waals surface area (Å²) in [6, 6.07) is 4.84.